The van der Waals surface area contributed by atoms with E-state index < -0.39 is 21.3 Å². The van der Waals surface area contributed by atoms with Gasteiger partial charge in [0.2, 0.25) is 15.9 Å². The maximum Gasteiger partial charge on any atom is 0.243 e. The summed E-state index contributed by atoms with van der Waals surface area (Å²) >= 11 is 0. The van der Waals surface area contributed by atoms with Crippen molar-refractivity contribution in [2.24, 2.45) is 0 Å². The number of nitriles is 1. The van der Waals surface area contributed by atoms with Crippen molar-refractivity contribution in [3.63, 3.8) is 0 Å². The van der Waals surface area contributed by atoms with Crippen molar-refractivity contribution in [3.8, 4) is 6.07 Å². The van der Waals surface area contributed by atoms with Crippen LogP contribution in [0, 0.1) is 11.3 Å². The third kappa shape index (κ3) is 3.31. The van der Waals surface area contributed by atoms with Gasteiger partial charge in [-0.15, -0.1) is 0 Å². The molecule has 0 radical (unpaired) electrons. The summed E-state index contributed by atoms with van der Waals surface area (Å²) in [5.41, 5.74) is -0.0221. The maximum atomic E-state index is 11.9. The molecule has 1 aromatic carbocycles. The van der Waals surface area contributed by atoms with E-state index in [1.54, 1.807) is 38.1 Å². The minimum atomic E-state index is -3.59. The molecule has 0 aliphatic heterocycles. The van der Waals surface area contributed by atoms with Gasteiger partial charge in [0.25, 0.3) is 0 Å². The number of amides is 1. The predicted octanol–water partition coefficient (Wildman–Crippen LogP) is 0.912. The van der Waals surface area contributed by atoms with E-state index in [9.17, 15) is 13.2 Å². The predicted molar refractivity (Wildman–Crippen MR) is 67.2 cm³/mol. The van der Waals surface area contributed by atoms with Gasteiger partial charge < -0.3 is 0 Å². The Kier molecular flexibility index (Phi) is 3.77. The number of nitrogens with zero attached hydrogens (tertiary/aromatic N) is 1. The Balaban J connectivity index is 3.13. The van der Waals surface area contributed by atoms with E-state index in [0.717, 1.165) is 6.26 Å². The second-order valence-electron chi connectivity index (χ2n) is 4.52. The lowest BCUT2D eigenvalue weighted by Gasteiger charge is -2.23. The molecule has 0 aliphatic carbocycles. The molecule has 1 rings (SSSR count). The molecule has 0 aromatic heterocycles. The van der Waals surface area contributed by atoms with Gasteiger partial charge in [0.15, 0.2) is 0 Å². The summed E-state index contributed by atoms with van der Waals surface area (Å²) in [5, 5.41) is 8.81. The lowest BCUT2D eigenvalue weighted by molar-refractivity contribution is -0.123. The Bertz CT molecular complexity index is 612. The molecule has 18 heavy (non-hydrogen) atoms. The molecule has 96 valence electrons. The highest BCUT2D eigenvalue weighted by Crippen LogP contribution is 2.24. The van der Waals surface area contributed by atoms with E-state index in [-0.39, 0.29) is 0 Å². The number of carbonyl (C=O) groups is 1. The fourth-order valence-corrected chi connectivity index (χ4v) is 2.00. The molecule has 0 fully saturated rings. The van der Waals surface area contributed by atoms with Crippen molar-refractivity contribution in [1.29, 1.82) is 5.26 Å². The van der Waals surface area contributed by atoms with Crippen molar-refractivity contribution in [2.75, 3.05) is 6.26 Å². The topological polar surface area (TPSA) is 87.0 Å². The lowest BCUT2D eigenvalue weighted by Crippen LogP contribution is -2.42. The zero-order valence-corrected chi connectivity index (χ0v) is 11.2. The highest BCUT2D eigenvalue weighted by molar-refractivity contribution is 7.89. The summed E-state index contributed by atoms with van der Waals surface area (Å²) in [5.74, 6) is -0.625. The highest BCUT2D eigenvalue weighted by Gasteiger charge is 2.31. The van der Waals surface area contributed by atoms with Crippen LogP contribution in [0.1, 0.15) is 25.0 Å². The van der Waals surface area contributed by atoms with Crippen LogP contribution in [0.4, 0.5) is 0 Å². The summed E-state index contributed by atoms with van der Waals surface area (Å²) < 4.78 is 24.1. The van der Waals surface area contributed by atoms with Crippen LogP contribution in [-0.2, 0) is 20.2 Å². The molecule has 0 saturated carbocycles. The first-order valence-electron chi connectivity index (χ1n) is 5.19. The average molecular weight is 266 g/mol. The monoisotopic (exact) mass is 266 g/mol. The van der Waals surface area contributed by atoms with E-state index in [1.807, 2.05) is 10.8 Å². The molecular formula is C12H14N2O3S. The van der Waals surface area contributed by atoms with Gasteiger partial charge in [-0.1, -0.05) is 12.1 Å². The van der Waals surface area contributed by atoms with Crippen LogP contribution >= 0.6 is 0 Å². The fourth-order valence-electron chi connectivity index (χ4n) is 1.40. The van der Waals surface area contributed by atoms with Crippen LogP contribution in [0.2, 0.25) is 0 Å². The van der Waals surface area contributed by atoms with Crippen molar-refractivity contribution in [3.05, 3.63) is 35.4 Å². The van der Waals surface area contributed by atoms with Gasteiger partial charge in [0, 0.05) is 0 Å². The SMILES string of the molecule is CC(C)(C(=O)NS(C)(=O)=O)c1cccc(C#N)c1. The Labute approximate surface area is 106 Å². The molecule has 0 bridgehead atoms. The second-order valence-corrected chi connectivity index (χ2v) is 6.27. The molecule has 1 amide bonds. The average Bonchev–Trinajstić information content (AvgIpc) is 2.27. The first-order chi connectivity index (χ1) is 8.16. The van der Waals surface area contributed by atoms with Gasteiger partial charge in [0.05, 0.1) is 23.3 Å². The Morgan fingerprint density at radius 2 is 2.00 bits per heavy atom. The number of rotatable bonds is 3. The van der Waals surface area contributed by atoms with Crippen LogP contribution in [-0.4, -0.2) is 20.6 Å². The summed E-state index contributed by atoms with van der Waals surface area (Å²) in [6, 6.07) is 8.51. The van der Waals surface area contributed by atoms with E-state index in [1.165, 1.54) is 0 Å². The van der Waals surface area contributed by atoms with E-state index in [2.05, 4.69) is 0 Å². The van der Waals surface area contributed by atoms with E-state index in [4.69, 9.17) is 5.26 Å². The van der Waals surface area contributed by atoms with Crippen molar-refractivity contribution >= 4 is 15.9 Å². The molecular weight excluding hydrogens is 252 g/mol. The molecule has 6 heteroatoms. The number of hydrogen-bond donors (Lipinski definition) is 1. The van der Waals surface area contributed by atoms with E-state index in [0.29, 0.717) is 11.1 Å². The smallest absolute Gasteiger partial charge is 0.243 e. The number of sulfonamides is 1. The molecule has 1 N–H and O–H groups in total. The third-order valence-electron chi connectivity index (χ3n) is 2.56. The zero-order valence-electron chi connectivity index (χ0n) is 10.4. The maximum absolute atomic E-state index is 11.9. The summed E-state index contributed by atoms with van der Waals surface area (Å²) in [6.07, 6.45) is 0.923. The van der Waals surface area contributed by atoms with Gasteiger partial charge in [-0.25, -0.2) is 8.42 Å². The van der Waals surface area contributed by atoms with Gasteiger partial charge in [-0.2, -0.15) is 5.26 Å². The molecule has 5 nitrogen and oxygen atoms in total. The quantitative estimate of drug-likeness (QED) is 0.881. The minimum Gasteiger partial charge on any atom is -0.273 e. The van der Waals surface area contributed by atoms with Crippen molar-refractivity contribution in [2.45, 2.75) is 19.3 Å². The fraction of sp³-hybridized carbons (Fsp3) is 0.333. The Hall–Kier alpha value is -1.87. The molecule has 0 heterocycles. The first kappa shape index (κ1) is 14.2. The van der Waals surface area contributed by atoms with Crippen LogP contribution in [0.25, 0.3) is 0 Å². The molecule has 0 saturated heterocycles. The van der Waals surface area contributed by atoms with Gasteiger partial charge in [0.1, 0.15) is 0 Å². The number of nitrogens with one attached hydrogen (secondary N) is 1. The van der Waals surface area contributed by atoms with Gasteiger partial charge in [-0.3, -0.25) is 9.52 Å². The number of benzene rings is 1. The Morgan fingerprint density at radius 1 is 1.39 bits per heavy atom. The first-order valence-corrected chi connectivity index (χ1v) is 7.09. The minimum absolute atomic E-state index is 0.424. The van der Waals surface area contributed by atoms with E-state index >= 15 is 0 Å². The van der Waals surface area contributed by atoms with Crippen LogP contribution in [0.3, 0.4) is 0 Å². The number of carbonyl (C=O) groups excluding carboxylic acids is 1. The normalized spacial score (nSPS) is 11.7. The Morgan fingerprint density at radius 3 is 2.50 bits per heavy atom. The third-order valence-corrected chi connectivity index (χ3v) is 3.12. The molecule has 0 aliphatic rings. The standard InChI is InChI=1S/C12H14N2O3S/c1-12(2,11(15)14-18(3,16)17)10-6-4-5-9(7-10)8-13/h4-7H,1-3H3,(H,14,15). The highest BCUT2D eigenvalue weighted by atomic mass is 32.2. The molecule has 0 spiro atoms. The van der Waals surface area contributed by atoms with Crippen molar-refractivity contribution in [1.82, 2.24) is 4.72 Å². The van der Waals surface area contributed by atoms with Crippen LogP contribution in [0.5, 0.6) is 0 Å². The van der Waals surface area contributed by atoms with Gasteiger partial charge >= 0.3 is 0 Å². The zero-order chi connectivity index (χ0) is 14.0. The summed E-state index contributed by atoms with van der Waals surface area (Å²) in [7, 11) is -3.59. The molecule has 0 unspecified atom stereocenters. The second kappa shape index (κ2) is 4.78. The lowest BCUT2D eigenvalue weighted by atomic mass is 9.83. The molecule has 1 aromatic rings. The summed E-state index contributed by atoms with van der Waals surface area (Å²) in [4.78, 5) is 11.9. The summed E-state index contributed by atoms with van der Waals surface area (Å²) in [6.45, 7) is 3.20. The van der Waals surface area contributed by atoms with Gasteiger partial charge in [-0.05, 0) is 31.5 Å². The molecule has 0 atom stereocenters. The van der Waals surface area contributed by atoms with Crippen LogP contribution in [0.15, 0.2) is 24.3 Å². The number of hydrogen-bond acceptors (Lipinski definition) is 4. The van der Waals surface area contributed by atoms with Crippen molar-refractivity contribution < 1.29 is 13.2 Å². The van der Waals surface area contributed by atoms with Crippen LogP contribution < -0.4 is 4.72 Å². The largest absolute Gasteiger partial charge is 0.273 e.